The van der Waals surface area contributed by atoms with Gasteiger partial charge in [0.1, 0.15) is 5.82 Å². The standard InChI is InChI=1S/C17H19FN2S/c1-3-12(2)15-9-4-5-10-16(15)20-17(21)19-14-8-6-7-13(18)11-14/h4-12H,3H2,1-2H3,(H2,19,20,21). The highest BCUT2D eigenvalue weighted by Gasteiger charge is 2.09. The first kappa shape index (κ1) is 15.4. The zero-order chi connectivity index (χ0) is 15.2. The number of halogens is 1. The quantitative estimate of drug-likeness (QED) is 0.764. The molecule has 0 radical (unpaired) electrons. The SMILES string of the molecule is CCC(C)c1ccccc1NC(=S)Nc1cccc(F)c1. The lowest BCUT2D eigenvalue weighted by Crippen LogP contribution is -2.20. The molecule has 1 atom stereocenters. The summed E-state index contributed by atoms with van der Waals surface area (Å²) in [6, 6.07) is 14.3. The monoisotopic (exact) mass is 302 g/mol. The van der Waals surface area contributed by atoms with Crippen LogP contribution in [0, 0.1) is 5.82 Å². The second-order valence-electron chi connectivity index (χ2n) is 4.99. The molecule has 0 aliphatic carbocycles. The molecule has 2 rings (SSSR count). The Morgan fingerprint density at radius 1 is 1.14 bits per heavy atom. The van der Waals surface area contributed by atoms with E-state index >= 15 is 0 Å². The Morgan fingerprint density at radius 3 is 2.62 bits per heavy atom. The number of para-hydroxylation sites is 1. The molecule has 0 saturated heterocycles. The van der Waals surface area contributed by atoms with Crippen molar-refractivity contribution in [3.8, 4) is 0 Å². The van der Waals surface area contributed by atoms with Crippen LogP contribution in [0.2, 0.25) is 0 Å². The fourth-order valence-corrected chi connectivity index (χ4v) is 2.34. The molecule has 1 unspecified atom stereocenters. The number of hydrogen-bond acceptors (Lipinski definition) is 1. The first-order valence-corrected chi connectivity index (χ1v) is 7.43. The van der Waals surface area contributed by atoms with Crippen LogP contribution in [0.25, 0.3) is 0 Å². The second-order valence-corrected chi connectivity index (χ2v) is 5.39. The van der Waals surface area contributed by atoms with Crippen LogP contribution in [0.1, 0.15) is 31.7 Å². The highest BCUT2D eigenvalue weighted by Crippen LogP contribution is 2.26. The summed E-state index contributed by atoms with van der Waals surface area (Å²) in [6.07, 6.45) is 1.06. The van der Waals surface area contributed by atoms with Crippen molar-refractivity contribution < 1.29 is 4.39 Å². The van der Waals surface area contributed by atoms with Gasteiger partial charge in [-0.25, -0.2) is 4.39 Å². The maximum atomic E-state index is 13.2. The number of rotatable bonds is 4. The molecule has 0 aliphatic heterocycles. The molecule has 2 aromatic carbocycles. The minimum Gasteiger partial charge on any atom is -0.332 e. The third-order valence-electron chi connectivity index (χ3n) is 3.43. The number of benzene rings is 2. The minimum atomic E-state index is -0.289. The number of nitrogens with one attached hydrogen (secondary N) is 2. The van der Waals surface area contributed by atoms with Gasteiger partial charge in [0.05, 0.1) is 0 Å². The van der Waals surface area contributed by atoms with Crippen molar-refractivity contribution >= 4 is 28.7 Å². The van der Waals surface area contributed by atoms with Crippen molar-refractivity contribution in [2.45, 2.75) is 26.2 Å². The van der Waals surface area contributed by atoms with E-state index < -0.39 is 0 Å². The Morgan fingerprint density at radius 2 is 1.90 bits per heavy atom. The number of thiocarbonyl (C=S) groups is 1. The molecule has 0 aromatic heterocycles. The summed E-state index contributed by atoms with van der Waals surface area (Å²) in [5.41, 5.74) is 2.85. The van der Waals surface area contributed by atoms with E-state index in [9.17, 15) is 4.39 Å². The van der Waals surface area contributed by atoms with E-state index in [4.69, 9.17) is 12.2 Å². The highest BCUT2D eigenvalue weighted by molar-refractivity contribution is 7.80. The third-order valence-corrected chi connectivity index (χ3v) is 3.64. The van der Waals surface area contributed by atoms with Gasteiger partial charge in [-0.05, 0) is 54.4 Å². The Labute approximate surface area is 130 Å². The molecule has 2 aromatic rings. The molecule has 0 bridgehead atoms. The van der Waals surface area contributed by atoms with Gasteiger partial charge in [0.2, 0.25) is 0 Å². The number of hydrogen-bond donors (Lipinski definition) is 2. The van der Waals surface area contributed by atoms with Gasteiger partial charge < -0.3 is 10.6 Å². The van der Waals surface area contributed by atoms with Gasteiger partial charge in [0, 0.05) is 11.4 Å². The van der Waals surface area contributed by atoms with Gasteiger partial charge in [-0.1, -0.05) is 38.1 Å². The molecule has 110 valence electrons. The average molecular weight is 302 g/mol. The summed E-state index contributed by atoms with van der Waals surface area (Å²) < 4.78 is 13.2. The van der Waals surface area contributed by atoms with Crippen LogP contribution in [-0.4, -0.2) is 5.11 Å². The van der Waals surface area contributed by atoms with E-state index in [1.165, 1.54) is 17.7 Å². The van der Waals surface area contributed by atoms with Crippen molar-refractivity contribution in [2.75, 3.05) is 10.6 Å². The zero-order valence-corrected chi connectivity index (χ0v) is 13.0. The average Bonchev–Trinajstić information content (AvgIpc) is 2.47. The lowest BCUT2D eigenvalue weighted by atomic mass is 9.97. The van der Waals surface area contributed by atoms with Gasteiger partial charge >= 0.3 is 0 Å². The molecule has 2 N–H and O–H groups in total. The van der Waals surface area contributed by atoms with E-state index in [-0.39, 0.29) is 5.82 Å². The van der Waals surface area contributed by atoms with Crippen LogP contribution in [0.3, 0.4) is 0 Å². The Bertz CT molecular complexity index is 628. The predicted molar refractivity (Wildman–Crippen MR) is 91.4 cm³/mol. The third kappa shape index (κ3) is 4.26. The molecule has 0 amide bonds. The van der Waals surface area contributed by atoms with E-state index in [1.807, 2.05) is 18.2 Å². The smallest absolute Gasteiger partial charge is 0.175 e. The summed E-state index contributed by atoms with van der Waals surface area (Å²) in [5.74, 6) is 0.161. The highest BCUT2D eigenvalue weighted by atomic mass is 32.1. The Kier molecular flexibility index (Phi) is 5.28. The molecule has 4 heteroatoms. The maximum absolute atomic E-state index is 13.2. The summed E-state index contributed by atoms with van der Waals surface area (Å²) in [4.78, 5) is 0. The zero-order valence-electron chi connectivity index (χ0n) is 12.2. The summed E-state index contributed by atoms with van der Waals surface area (Å²) in [5, 5.41) is 6.64. The summed E-state index contributed by atoms with van der Waals surface area (Å²) in [7, 11) is 0. The number of anilines is 2. The normalized spacial score (nSPS) is 11.8. The molecular formula is C17H19FN2S. The maximum Gasteiger partial charge on any atom is 0.175 e. The predicted octanol–water partition coefficient (Wildman–Crippen LogP) is 5.15. The lowest BCUT2D eigenvalue weighted by Gasteiger charge is -2.17. The molecule has 0 saturated carbocycles. The Balaban J connectivity index is 2.09. The van der Waals surface area contributed by atoms with Gasteiger partial charge in [-0.2, -0.15) is 0 Å². The Hall–Kier alpha value is -1.94. The van der Waals surface area contributed by atoms with Crippen LogP contribution in [0.4, 0.5) is 15.8 Å². The van der Waals surface area contributed by atoms with Gasteiger partial charge in [-0.15, -0.1) is 0 Å². The van der Waals surface area contributed by atoms with Crippen molar-refractivity contribution in [3.63, 3.8) is 0 Å². The molecular weight excluding hydrogens is 283 g/mol. The fraction of sp³-hybridized carbons (Fsp3) is 0.235. The van der Waals surface area contributed by atoms with Crippen LogP contribution in [0.5, 0.6) is 0 Å². The van der Waals surface area contributed by atoms with E-state index in [2.05, 4.69) is 30.5 Å². The first-order chi connectivity index (χ1) is 10.1. The second kappa shape index (κ2) is 7.18. The van der Waals surface area contributed by atoms with Crippen molar-refractivity contribution in [1.82, 2.24) is 0 Å². The molecule has 0 spiro atoms. The van der Waals surface area contributed by atoms with Crippen LogP contribution < -0.4 is 10.6 Å². The van der Waals surface area contributed by atoms with Crippen LogP contribution >= 0.6 is 12.2 Å². The topological polar surface area (TPSA) is 24.1 Å². The lowest BCUT2D eigenvalue weighted by molar-refractivity contribution is 0.628. The van der Waals surface area contributed by atoms with Gasteiger partial charge in [0.25, 0.3) is 0 Å². The van der Waals surface area contributed by atoms with E-state index in [0.29, 0.717) is 16.7 Å². The van der Waals surface area contributed by atoms with Crippen molar-refractivity contribution in [2.24, 2.45) is 0 Å². The molecule has 21 heavy (non-hydrogen) atoms. The first-order valence-electron chi connectivity index (χ1n) is 7.02. The van der Waals surface area contributed by atoms with E-state index in [1.54, 1.807) is 12.1 Å². The molecule has 0 aliphatic rings. The summed E-state index contributed by atoms with van der Waals surface area (Å²) in [6.45, 7) is 4.34. The molecule has 2 nitrogen and oxygen atoms in total. The largest absolute Gasteiger partial charge is 0.332 e. The van der Waals surface area contributed by atoms with Crippen LogP contribution in [0.15, 0.2) is 48.5 Å². The van der Waals surface area contributed by atoms with Crippen LogP contribution in [-0.2, 0) is 0 Å². The van der Waals surface area contributed by atoms with Crippen molar-refractivity contribution in [1.29, 1.82) is 0 Å². The molecule has 0 heterocycles. The summed E-state index contributed by atoms with van der Waals surface area (Å²) >= 11 is 5.30. The fourth-order valence-electron chi connectivity index (χ4n) is 2.11. The van der Waals surface area contributed by atoms with Crippen molar-refractivity contribution in [3.05, 3.63) is 59.9 Å². The van der Waals surface area contributed by atoms with Gasteiger partial charge in [-0.3, -0.25) is 0 Å². The van der Waals surface area contributed by atoms with E-state index in [0.717, 1.165) is 12.1 Å². The molecule has 0 fully saturated rings. The van der Waals surface area contributed by atoms with Gasteiger partial charge in [0.15, 0.2) is 5.11 Å². The minimum absolute atomic E-state index is 0.289.